The summed E-state index contributed by atoms with van der Waals surface area (Å²) in [5, 5.41) is 11.3. The lowest BCUT2D eigenvalue weighted by Gasteiger charge is -2.15. The third kappa shape index (κ3) is 3.48. The van der Waals surface area contributed by atoms with Gasteiger partial charge in [-0.25, -0.2) is 4.79 Å². The Bertz CT molecular complexity index is 799. The van der Waals surface area contributed by atoms with Gasteiger partial charge in [0.2, 0.25) is 0 Å². The third-order valence-electron chi connectivity index (χ3n) is 3.83. The Hall–Kier alpha value is -3.02. The van der Waals surface area contributed by atoms with E-state index in [1.54, 1.807) is 6.07 Å². The van der Waals surface area contributed by atoms with Crippen LogP contribution in [0.4, 0.5) is 10.5 Å². The molecule has 2 amide bonds. The number of urea groups is 1. The molecule has 0 bridgehead atoms. The molecule has 0 atom stereocenters. The molecule has 0 fully saturated rings. The first-order valence-corrected chi connectivity index (χ1v) is 7.72. The van der Waals surface area contributed by atoms with E-state index >= 15 is 0 Å². The van der Waals surface area contributed by atoms with Crippen molar-refractivity contribution in [3.63, 3.8) is 0 Å². The maximum atomic E-state index is 11.4. The SMILES string of the molecule is CCc1c(C(=NC(N)=O)c2ccccc2)ccc([N+](=O)[O-])c1CC. The van der Waals surface area contributed by atoms with Gasteiger partial charge in [0.15, 0.2) is 0 Å². The van der Waals surface area contributed by atoms with Crippen molar-refractivity contribution in [2.45, 2.75) is 26.7 Å². The van der Waals surface area contributed by atoms with Gasteiger partial charge in [-0.2, -0.15) is 4.99 Å². The first-order valence-electron chi connectivity index (χ1n) is 7.72. The molecule has 0 radical (unpaired) electrons. The summed E-state index contributed by atoms with van der Waals surface area (Å²) in [5.74, 6) is 0. The molecule has 0 heterocycles. The molecular weight excluding hydrogens is 306 g/mol. The average molecular weight is 325 g/mol. The van der Waals surface area contributed by atoms with Crippen LogP contribution in [0.25, 0.3) is 0 Å². The number of benzene rings is 2. The van der Waals surface area contributed by atoms with Crippen molar-refractivity contribution < 1.29 is 9.72 Å². The van der Waals surface area contributed by atoms with Gasteiger partial charge >= 0.3 is 6.03 Å². The van der Waals surface area contributed by atoms with Crippen LogP contribution >= 0.6 is 0 Å². The predicted octanol–water partition coefficient (Wildman–Crippen LogP) is 3.64. The predicted molar refractivity (Wildman–Crippen MR) is 93.5 cm³/mol. The van der Waals surface area contributed by atoms with Gasteiger partial charge in [-0.05, 0) is 24.5 Å². The molecule has 124 valence electrons. The third-order valence-corrected chi connectivity index (χ3v) is 3.83. The molecule has 6 heteroatoms. The number of rotatable bonds is 5. The molecule has 0 aliphatic carbocycles. The van der Waals surface area contributed by atoms with Gasteiger partial charge in [0, 0.05) is 22.8 Å². The minimum absolute atomic E-state index is 0.0876. The maximum absolute atomic E-state index is 11.4. The monoisotopic (exact) mass is 325 g/mol. The minimum atomic E-state index is -0.799. The van der Waals surface area contributed by atoms with E-state index in [9.17, 15) is 14.9 Å². The van der Waals surface area contributed by atoms with Crippen molar-refractivity contribution in [1.82, 2.24) is 0 Å². The van der Waals surface area contributed by atoms with Crippen LogP contribution in [0.15, 0.2) is 47.5 Å². The number of carbonyl (C=O) groups excluding carboxylic acids is 1. The first kappa shape index (κ1) is 17.3. The topological polar surface area (TPSA) is 98.6 Å². The second-order valence-corrected chi connectivity index (χ2v) is 5.22. The number of amides is 2. The van der Waals surface area contributed by atoms with Crippen molar-refractivity contribution in [2.75, 3.05) is 0 Å². The largest absolute Gasteiger partial charge is 0.350 e. The first-order chi connectivity index (χ1) is 11.5. The van der Waals surface area contributed by atoms with Gasteiger partial charge < -0.3 is 5.73 Å². The fourth-order valence-electron chi connectivity index (χ4n) is 2.86. The quantitative estimate of drug-likeness (QED) is 0.516. The zero-order chi connectivity index (χ0) is 17.7. The highest BCUT2D eigenvalue weighted by atomic mass is 16.6. The Morgan fingerprint density at radius 1 is 1.08 bits per heavy atom. The van der Waals surface area contributed by atoms with Gasteiger partial charge in [-0.1, -0.05) is 44.2 Å². The molecule has 0 spiro atoms. The lowest BCUT2D eigenvalue weighted by molar-refractivity contribution is -0.385. The van der Waals surface area contributed by atoms with Crippen molar-refractivity contribution in [2.24, 2.45) is 10.7 Å². The molecule has 2 aromatic rings. The zero-order valence-corrected chi connectivity index (χ0v) is 13.7. The molecule has 24 heavy (non-hydrogen) atoms. The van der Waals surface area contributed by atoms with Crippen LogP contribution in [0, 0.1) is 10.1 Å². The number of hydrogen-bond donors (Lipinski definition) is 1. The van der Waals surface area contributed by atoms with Gasteiger partial charge in [0.25, 0.3) is 5.69 Å². The van der Waals surface area contributed by atoms with Crippen LogP contribution < -0.4 is 5.73 Å². The van der Waals surface area contributed by atoms with Crippen LogP contribution in [0.5, 0.6) is 0 Å². The lowest BCUT2D eigenvalue weighted by atomic mass is 9.90. The highest BCUT2D eigenvalue weighted by molar-refractivity contribution is 6.17. The fraction of sp³-hybridized carbons (Fsp3) is 0.222. The molecule has 0 saturated heterocycles. The van der Waals surface area contributed by atoms with Crippen molar-refractivity contribution >= 4 is 17.4 Å². The molecule has 0 unspecified atom stereocenters. The molecule has 6 nitrogen and oxygen atoms in total. The van der Waals surface area contributed by atoms with Crippen molar-refractivity contribution in [1.29, 1.82) is 0 Å². The van der Waals surface area contributed by atoms with E-state index in [0.717, 1.165) is 11.1 Å². The average Bonchev–Trinajstić information content (AvgIpc) is 2.58. The summed E-state index contributed by atoms with van der Waals surface area (Å²) in [4.78, 5) is 26.3. The van der Waals surface area contributed by atoms with Crippen LogP contribution in [0.2, 0.25) is 0 Å². The van der Waals surface area contributed by atoms with Crippen molar-refractivity contribution in [3.05, 3.63) is 74.8 Å². The summed E-state index contributed by atoms with van der Waals surface area (Å²) in [5.41, 5.74) is 8.71. The smallest absolute Gasteiger partial charge is 0.338 e. The molecule has 0 saturated carbocycles. The second kappa shape index (κ2) is 7.50. The summed E-state index contributed by atoms with van der Waals surface area (Å²) in [6.07, 6.45) is 1.11. The van der Waals surface area contributed by atoms with E-state index < -0.39 is 6.03 Å². The van der Waals surface area contributed by atoms with Crippen molar-refractivity contribution in [3.8, 4) is 0 Å². The summed E-state index contributed by atoms with van der Waals surface area (Å²) >= 11 is 0. The molecule has 0 aromatic heterocycles. The molecular formula is C18H19N3O3. The summed E-state index contributed by atoms with van der Waals surface area (Å²) in [7, 11) is 0. The summed E-state index contributed by atoms with van der Waals surface area (Å²) < 4.78 is 0. The van der Waals surface area contributed by atoms with Crippen LogP contribution in [0.3, 0.4) is 0 Å². The number of nitrogens with two attached hydrogens (primary N) is 1. The molecule has 2 rings (SSSR count). The number of aliphatic imine (C=N–C) groups is 1. The summed E-state index contributed by atoms with van der Waals surface area (Å²) in [6.45, 7) is 3.80. The molecule has 0 aliphatic rings. The van der Waals surface area contributed by atoms with E-state index in [1.807, 2.05) is 44.2 Å². The van der Waals surface area contributed by atoms with E-state index in [2.05, 4.69) is 4.99 Å². The van der Waals surface area contributed by atoms with Crippen LogP contribution in [-0.4, -0.2) is 16.7 Å². The highest BCUT2D eigenvalue weighted by Crippen LogP contribution is 2.28. The Kier molecular flexibility index (Phi) is 5.42. The van der Waals surface area contributed by atoms with E-state index in [-0.39, 0.29) is 10.6 Å². The normalized spacial score (nSPS) is 11.3. The van der Waals surface area contributed by atoms with E-state index in [4.69, 9.17) is 5.73 Å². The fourth-order valence-corrected chi connectivity index (χ4v) is 2.86. The van der Waals surface area contributed by atoms with Gasteiger partial charge in [-0.3, -0.25) is 10.1 Å². The second-order valence-electron chi connectivity index (χ2n) is 5.22. The van der Waals surface area contributed by atoms with Gasteiger partial charge in [-0.15, -0.1) is 0 Å². The van der Waals surface area contributed by atoms with E-state index in [0.29, 0.717) is 29.7 Å². The van der Waals surface area contributed by atoms with Crippen LogP contribution in [0.1, 0.15) is 36.1 Å². The molecule has 0 aliphatic heterocycles. The molecule has 2 aromatic carbocycles. The highest BCUT2D eigenvalue weighted by Gasteiger charge is 2.21. The Balaban J connectivity index is 2.76. The Labute approximate surface area is 140 Å². The number of nitro groups is 1. The zero-order valence-electron chi connectivity index (χ0n) is 13.7. The van der Waals surface area contributed by atoms with E-state index in [1.165, 1.54) is 6.07 Å². The standard InChI is InChI=1S/C18H19N3O3/c1-3-13-14(4-2)16(21(23)24)11-10-15(13)17(20-18(19)22)12-8-6-5-7-9-12/h5-11H,3-4H2,1-2H3,(H2,19,22). The van der Waals surface area contributed by atoms with Gasteiger partial charge in [0.1, 0.15) is 0 Å². The number of nitro benzene ring substituents is 1. The number of hydrogen-bond acceptors (Lipinski definition) is 3. The number of carbonyl (C=O) groups is 1. The molecule has 2 N–H and O–H groups in total. The van der Waals surface area contributed by atoms with Gasteiger partial charge in [0.05, 0.1) is 10.6 Å². The lowest BCUT2D eigenvalue weighted by Crippen LogP contribution is -2.15. The maximum Gasteiger partial charge on any atom is 0.338 e. The van der Waals surface area contributed by atoms with Crippen LogP contribution in [-0.2, 0) is 12.8 Å². The number of primary amides is 1. The summed E-state index contributed by atoms with van der Waals surface area (Å²) in [6, 6.07) is 11.5. The Morgan fingerprint density at radius 3 is 2.21 bits per heavy atom. The number of nitrogens with zero attached hydrogens (tertiary/aromatic N) is 2. The Morgan fingerprint density at radius 2 is 1.71 bits per heavy atom. The minimum Gasteiger partial charge on any atom is -0.350 e.